The van der Waals surface area contributed by atoms with Crippen LogP contribution in [0.1, 0.15) is 35.1 Å². The number of rotatable bonds is 3. The highest BCUT2D eigenvalue weighted by atomic mass is 32.2. The van der Waals surface area contributed by atoms with Crippen molar-refractivity contribution in [3.63, 3.8) is 0 Å². The molecule has 0 saturated carbocycles. The number of para-hydroxylation sites is 1. The SMILES string of the molecule is Cc1ccc(S(=O)(=O)N2C[C@H]3[C@@H](c4ccc(F)cc4)OCC[C@H]3c3ccccc32)cc1. The number of sulfonamides is 1. The first-order chi connectivity index (χ1) is 14.9. The van der Waals surface area contributed by atoms with Crippen molar-refractivity contribution >= 4 is 15.7 Å². The lowest BCUT2D eigenvalue weighted by Gasteiger charge is -2.46. The van der Waals surface area contributed by atoms with Crippen LogP contribution in [0.5, 0.6) is 0 Å². The minimum atomic E-state index is -3.74. The fourth-order valence-electron chi connectivity index (χ4n) is 4.86. The summed E-state index contributed by atoms with van der Waals surface area (Å²) >= 11 is 0. The Labute approximate surface area is 182 Å². The van der Waals surface area contributed by atoms with Gasteiger partial charge in [-0.2, -0.15) is 0 Å². The monoisotopic (exact) mass is 437 g/mol. The Balaban J connectivity index is 1.60. The van der Waals surface area contributed by atoms with E-state index in [1.165, 1.54) is 16.4 Å². The van der Waals surface area contributed by atoms with E-state index in [0.29, 0.717) is 13.2 Å². The van der Waals surface area contributed by atoms with Gasteiger partial charge < -0.3 is 4.74 Å². The molecule has 3 aromatic carbocycles. The zero-order valence-corrected chi connectivity index (χ0v) is 18.1. The summed E-state index contributed by atoms with van der Waals surface area (Å²) in [4.78, 5) is 0.279. The molecule has 31 heavy (non-hydrogen) atoms. The fraction of sp³-hybridized carbons (Fsp3) is 0.280. The van der Waals surface area contributed by atoms with E-state index in [-0.39, 0.29) is 28.7 Å². The van der Waals surface area contributed by atoms with Gasteiger partial charge >= 0.3 is 0 Å². The molecule has 0 aromatic heterocycles. The maximum Gasteiger partial charge on any atom is 0.264 e. The van der Waals surface area contributed by atoms with Gasteiger partial charge in [0.15, 0.2) is 0 Å². The van der Waals surface area contributed by atoms with Crippen LogP contribution >= 0.6 is 0 Å². The van der Waals surface area contributed by atoms with Crippen molar-refractivity contribution in [3.05, 3.63) is 95.3 Å². The zero-order valence-electron chi connectivity index (χ0n) is 17.2. The molecule has 2 aliphatic heterocycles. The predicted octanol–water partition coefficient (Wildman–Crippen LogP) is 5.20. The van der Waals surface area contributed by atoms with Crippen LogP contribution in [0.2, 0.25) is 0 Å². The maximum absolute atomic E-state index is 13.7. The Morgan fingerprint density at radius 3 is 2.42 bits per heavy atom. The van der Waals surface area contributed by atoms with Crippen molar-refractivity contribution in [3.8, 4) is 0 Å². The highest BCUT2D eigenvalue weighted by Crippen LogP contribution is 2.50. The van der Waals surface area contributed by atoms with Gasteiger partial charge in [-0.25, -0.2) is 12.8 Å². The fourth-order valence-corrected chi connectivity index (χ4v) is 6.39. The Kier molecular flexibility index (Phi) is 5.07. The summed E-state index contributed by atoms with van der Waals surface area (Å²) in [6, 6.07) is 21.0. The third kappa shape index (κ3) is 3.54. The largest absolute Gasteiger partial charge is 0.373 e. The summed E-state index contributed by atoms with van der Waals surface area (Å²) in [7, 11) is -3.74. The van der Waals surface area contributed by atoms with E-state index < -0.39 is 10.0 Å². The Hall–Kier alpha value is -2.70. The summed E-state index contributed by atoms with van der Waals surface area (Å²) in [5.74, 6) is -0.174. The van der Waals surface area contributed by atoms with E-state index in [0.717, 1.165) is 28.8 Å². The van der Waals surface area contributed by atoms with Crippen LogP contribution in [-0.4, -0.2) is 21.6 Å². The molecule has 6 heteroatoms. The Morgan fingerprint density at radius 1 is 0.968 bits per heavy atom. The third-order valence-electron chi connectivity index (χ3n) is 6.42. The van der Waals surface area contributed by atoms with Crippen molar-refractivity contribution < 1.29 is 17.5 Å². The van der Waals surface area contributed by atoms with E-state index >= 15 is 0 Å². The maximum atomic E-state index is 13.7. The molecule has 0 bridgehead atoms. The molecule has 0 unspecified atom stereocenters. The lowest BCUT2D eigenvalue weighted by Crippen LogP contribution is -2.46. The van der Waals surface area contributed by atoms with Gasteiger partial charge in [-0.1, -0.05) is 48.0 Å². The van der Waals surface area contributed by atoms with E-state index in [9.17, 15) is 12.8 Å². The minimum Gasteiger partial charge on any atom is -0.373 e. The van der Waals surface area contributed by atoms with Gasteiger partial charge in [0.25, 0.3) is 10.0 Å². The van der Waals surface area contributed by atoms with Crippen LogP contribution in [0.25, 0.3) is 0 Å². The highest BCUT2D eigenvalue weighted by molar-refractivity contribution is 7.92. The molecule has 3 atom stereocenters. The van der Waals surface area contributed by atoms with Crippen molar-refractivity contribution in [2.24, 2.45) is 5.92 Å². The van der Waals surface area contributed by atoms with Crippen molar-refractivity contribution in [2.45, 2.75) is 30.3 Å². The summed E-state index contributed by atoms with van der Waals surface area (Å²) in [5, 5.41) is 0. The lowest BCUT2D eigenvalue weighted by molar-refractivity contribution is -0.0384. The number of benzene rings is 3. The second-order valence-corrected chi connectivity index (χ2v) is 10.2. The van der Waals surface area contributed by atoms with Crippen LogP contribution < -0.4 is 4.31 Å². The molecule has 1 fully saturated rings. The van der Waals surface area contributed by atoms with Crippen LogP contribution in [0.4, 0.5) is 10.1 Å². The number of fused-ring (bicyclic) bond motifs is 3. The first-order valence-electron chi connectivity index (χ1n) is 10.5. The number of nitrogens with zero attached hydrogens (tertiary/aromatic N) is 1. The molecule has 0 radical (unpaired) electrons. The molecule has 0 N–H and O–H groups in total. The van der Waals surface area contributed by atoms with E-state index in [2.05, 4.69) is 0 Å². The van der Waals surface area contributed by atoms with Gasteiger partial charge in [-0.05, 0) is 60.7 Å². The molecule has 1 saturated heterocycles. The zero-order chi connectivity index (χ0) is 21.6. The first kappa shape index (κ1) is 20.2. The van der Waals surface area contributed by atoms with Crippen LogP contribution in [0.3, 0.4) is 0 Å². The molecule has 0 spiro atoms. The van der Waals surface area contributed by atoms with Gasteiger partial charge in [-0.3, -0.25) is 4.31 Å². The van der Waals surface area contributed by atoms with Gasteiger partial charge in [0.1, 0.15) is 5.82 Å². The number of ether oxygens (including phenoxy) is 1. The van der Waals surface area contributed by atoms with E-state index in [1.807, 2.05) is 43.3 Å². The molecule has 160 valence electrons. The van der Waals surface area contributed by atoms with Gasteiger partial charge in [-0.15, -0.1) is 0 Å². The molecule has 0 aliphatic carbocycles. The second-order valence-electron chi connectivity index (χ2n) is 8.31. The minimum absolute atomic E-state index is 0.0608. The standard InChI is InChI=1S/C25H24FNO3S/c1-17-6-12-20(13-7-17)31(28,29)27-16-23-21(22-4-2-3-5-24(22)27)14-15-30-25(23)18-8-10-19(26)11-9-18/h2-13,21,23,25H,14-16H2,1H3/t21-,23+,25+/m0/s1. The molecule has 5 rings (SSSR count). The Bertz CT molecular complexity index is 1190. The predicted molar refractivity (Wildman–Crippen MR) is 118 cm³/mol. The molecular weight excluding hydrogens is 413 g/mol. The van der Waals surface area contributed by atoms with Crippen LogP contribution in [0.15, 0.2) is 77.7 Å². The molecule has 3 aromatic rings. The normalized spacial score (nSPS) is 23.2. The van der Waals surface area contributed by atoms with Crippen molar-refractivity contribution in [1.29, 1.82) is 0 Å². The Morgan fingerprint density at radius 2 is 1.68 bits per heavy atom. The smallest absolute Gasteiger partial charge is 0.264 e. The van der Waals surface area contributed by atoms with Crippen molar-refractivity contribution in [2.75, 3.05) is 17.5 Å². The summed E-state index contributed by atoms with van der Waals surface area (Å²) in [6.45, 7) is 2.84. The van der Waals surface area contributed by atoms with Gasteiger partial charge in [0.2, 0.25) is 0 Å². The van der Waals surface area contributed by atoms with Crippen LogP contribution in [-0.2, 0) is 14.8 Å². The second kappa shape index (κ2) is 7.77. The molecule has 4 nitrogen and oxygen atoms in total. The summed E-state index contributed by atoms with van der Waals surface area (Å²) in [5.41, 5.74) is 3.66. The number of anilines is 1. The number of hydrogen-bond acceptors (Lipinski definition) is 3. The number of aryl methyl sites for hydroxylation is 1. The van der Waals surface area contributed by atoms with Gasteiger partial charge in [0, 0.05) is 19.1 Å². The van der Waals surface area contributed by atoms with E-state index in [1.54, 1.807) is 24.3 Å². The third-order valence-corrected chi connectivity index (χ3v) is 8.21. The van der Waals surface area contributed by atoms with Gasteiger partial charge in [0.05, 0.1) is 16.7 Å². The molecule has 2 heterocycles. The topological polar surface area (TPSA) is 46.6 Å². The summed E-state index contributed by atoms with van der Waals surface area (Å²) in [6.07, 6.45) is 0.543. The summed E-state index contributed by atoms with van der Waals surface area (Å²) < 4.78 is 48.5. The van der Waals surface area contributed by atoms with Crippen molar-refractivity contribution in [1.82, 2.24) is 0 Å². The lowest BCUT2D eigenvalue weighted by atomic mass is 9.74. The number of hydrogen-bond donors (Lipinski definition) is 0. The van der Waals surface area contributed by atoms with E-state index in [4.69, 9.17) is 4.74 Å². The highest BCUT2D eigenvalue weighted by Gasteiger charge is 2.44. The quantitative estimate of drug-likeness (QED) is 0.566. The molecular formula is C25H24FNO3S. The first-order valence-corrected chi connectivity index (χ1v) is 11.9. The average Bonchev–Trinajstić information content (AvgIpc) is 2.79. The van der Waals surface area contributed by atoms with Crippen LogP contribution in [0, 0.1) is 18.7 Å². The average molecular weight is 438 g/mol. The molecule has 2 aliphatic rings. The number of halogens is 1. The molecule has 0 amide bonds.